The summed E-state index contributed by atoms with van der Waals surface area (Å²) < 4.78 is 20.8. The number of halogens is 1. The van der Waals surface area contributed by atoms with Crippen molar-refractivity contribution in [3.8, 4) is 0 Å². The maximum absolute atomic E-state index is 13.4. The van der Waals surface area contributed by atoms with Crippen molar-refractivity contribution in [3.63, 3.8) is 0 Å². The fourth-order valence-electron chi connectivity index (χ4n) is 2.95. The summed E-state index contributed by atoms with van der Waals surface area (Å²) in [6.45, 7) is 9.30. The van der Waals surface area contributed by atoms with Crippen molar-refractivity contribution >= 4 is 0 Å². The van der Waals surface area contributed by atoms with Gasteiger partial charge in [-0.3, -0.25) is 4.90 Å². The molecular formula is C17H24FN5O. The van der Waals surface area contributed by atoms with Crippen LogP contribution in [0, 0.1) is 5.82 Å². The normalized spacial score (nSPS) is 17.8. The Labute approximate surface area is 141 Å². The van der Waals surface area contributed by atoms with Gasteiger partial charge in [-0.05, 0) is 48.4 Å². The van der Waals surface area contributed by atoms with Crippen LogP contribution in [0.3, 0.4) is 0 Å². The molecule has 1 aliphatic rings. The van der Waals surface area contributed by atoms with E-state index in [0.29, 0.717) is 13.2 Å². The maximum atomic E-state index is 13.4. The zero-order valence-corrected chi connectivity index (χ0v) is 14.4. The molecule has 0 amide bonds. The number of hydrogen-bond donors (Lipinski definition) is 0. The van der Waals surface area contributed by atoms with E-state index in [1.807, 2.05) is 16.8 Å². The van der Waals surface area contributed by atoms with Crippen molar-refractivity contribution in [3.05, 3.63) is 41.5 Å². The quantitative estimate of drug-likeness (QED) is 0.841. The van der Waals surface area contributed by atoms with Gasteiger partial charge in [0.05, 0.1) is 24.8 Å². The number of tetrazole rings is 1. The van der Waals surface area contributed by atoms with Crippen LogP contribution in [0.25, 0.3) is 0 Å². The van der Waals surface area contributed by atoms with E-state index >= 15 is 0 Å². The number of benzene rings is 1. The van der Waals surface area contributed by atoms with E-state index in [9.17, 15) is 4.39 Å². The molecule has 24 heavy (non-hydrogen) atoms. The molecule has 0 N–H and O–H groups in total. The largest absolute Gasteiger partial charge is 0.379 e. The Morgan fingerprint density at radius 3 is 2.50 bits per heavy atom. The van der Waals surface area contributed by atoms with Crippen LogP contribution < -0.4 is 0 Å². The summed E-state index contributed by atoms with van der Waals surface area (Å²) in [5.74, 6) is 0.545. The molecule has 1 saturated heterocycles. The van der Waals surface area contributed by atoms with Crippen LogP contribution in [-0.4, -0.2) is 51.4 Å². The van der Waals surface area contributed by atoms with Gasteiger partial charge in [-0.2, -0.15) is 0 Å². The van der Waals surface area contributed by atoms with E-state index in [1.54, 1.807) is 0 Å². The minimum Gasteiger partial charge on any atom is -0.379 e. The number of rotatable bonds is 5. The van der Waals surface area contributed by atoms with Crippen LogP contribution in [0.4, 0.5) is 4.39 Å². The highest BCUT2D eigenvalue weighted by Gasteiger charge is 2.33. The van der Waals surface area contributed by atoms with Crippen LogP contribution in [0.2, 0.25) is 0 Å². The van der Waals surface area contributed by atoms with Crippen molar-refractivity contribution < 1.29 is 9.13 Å². The first-order valence-electron chi connectivity index (χ1n) is 8.39. The Hall–Kier alpha value is -1.86. The van der Waals surface area contributed by atoms with E-state index < -0.39 is 0 Å². The summed E-state index contributed by atoms with van der Waals surface area (Å²) in [6.07, 6.45) is 0.907. The third kappa shape index (κ3) is 3.32. The molecule has 2 heterocycles. The molecule has 1 fully saturated rings. The second-order valence-electron chi connectivity index (χ2n) is 6.72. The van der Waals surface area contributed by atoms with Gasteiger partial charge in [-0.15, -0.1) is 5.10 Å². The second kappa shape index (κ2) is 6.94. The highest BCUT2D eigenvalue weighted by Crippen LogP contribution is 2.31. The molecule has 7 heteroatoms. The highest BCUT2D eigenvalue weighted by molar-refractivity contribution is 5.26. The van der Waals surface area contributed by atoms with Gasteiger partial charge < -0.3 is 4.74 Å². The summed E-state index contributed by atoms with van der Waals surface area (Å²) in [4.78, 5) is 2.30. The fraction of sp³-hybridized carbons (Fsp3) is 0.588. The minimum atomic E-state index is -0.243. The van der Waals surface area contributed by atoms with Crippen molar-refractivity contribution in [2.45, 2.75) is 38.8 Å². The number of hydrogen-bond acceptors (Lipinski definition) is 5. The number of morpholine rings is 1. The molecular weight excluding hydrogens is 309 g/mol. The molecule has 3 rings (SSSR count). The second-order valence-corrected chi connectivity index (χ2v) is 6.72. The van der Waals surface area contributed by atoms with E-state index in [0.717, 1.165) is 30.9 Å². The van der Waals surface area contributed by atoms with E-state index in [-0.39, 0.29) is 17.4 Å². The molecule has 1 aliphatic heterocycles. The van der Waals surface area contributed by atoms with Crippen molar-refractivity contribution in [2.24, 2.45) is 0 Å². The zero-order valence-electron chi connectivity index (χ0n) is 14.4. The minimum absolute atomic E-state index is 0.115. The molecule has 0 bridgehead atoms. The molecule has 2 aromatic rings. The number of ether oxygens (including phenoxy) is 1. The average molecular weight is 333 g/mol. The molecule has 0 aliphatic carbocycles. The van der Waals surface area contributed by atoms with Gasteiger partial charge in [-0.1, -0.05) is 19.1 Å². The molecule has 0 saturated carbocycles. The molecule has 1 aromatic carbocycles. The summed E-state index contributed by atoms with van der Waals surface area (Å²) in [6, 6.07) is 6.49. The van der Waals surface area contributed by atoms with E-state index in [2.05, 4.69) is 41.2 Å². The average Bonchev–Trinajstić information content (AvgIpc) is 3.08. The topological polar surface area (TPSA) is 56.1 Å². The molecule has 130 valence electrons. The van der Waals surface area contributed by atoms with Crippen LogP contribution in [0.15, 0.2) is 24.3 Å². The zero-order chi connectivity index (χ0) is 17.2. The number of aromatic nitrogens is 4. The molecule has 1 aromatic heterocycles. The molecule has 1 atom stereocenters. The summed E-state index contributed by atoms with van der Waals surface area (Å²) in [5.41, 5.74) is 0.796. The van der Waals surface area contributed by atoms with Crippen molar-refractivity contribution in [1.82, 2.24) is 25.1 Å². The summed E-state index contributed by atoms with van der Waals surface area (Å²) >= 11 is 0. The van der Waals surface area contributed by atoms with Crippen molar-refractivity contribution in [1.29, 1.82) is 0 Å². The summed E-state index contributed by atoms with van der Waals surface area (Å²) in [5, 5.41) is 12.5. The lowest BCUT2D eigenvalue weighted by Gasteiger charge is -2.35. The third-order valence-electron chi connectivity index (χ3n) is 4.77. The smallest absolute Gasteiger partial charge is 0.173 e. The van der Waals surface area contributed by atoms with Crippen LogP contribution >= 0.6 is 0 Å². The van der Waals surface area contributed by atoms with Gasteiger partial charge in [0, 0.05) is 13.1 Å². The predicted octanol–water partition coefficient (Wildman–Crippen LogP) is 2.38. The Bertz CT molecular complexity index is 664. The standard InChI is InChI=1S/C17H24FN5O/c1-4-17(2,3)23-16(19-20-21-23)15(22-9-11-24-12-10-22)13-5-7-14(18)8-6-13/h5-8,15H,4,9-12H2,1-3H3/t15-/m0/s1. The first-order chi connectivity index (χ1) is 11.5. The van der Waals surface area contributed by atoms with Gasteiger partial charge in [-0.25, -0.2) is 9.07 Å². The lowest BCUT2D eigenvalue weighted by molar-refractivity contribution is 0.0206. The van der Waals surface area contributed by atoms with E-state index in [4.69, 9.17) is 4.74 Å². The first kappa shape index (κ1) is 17.0. The first-order valence-corrected chi connectivity index (χ1v) is 8.39. The Morgan fingerprint density at radius 2 is 1.88 bits per heavy atom. The molecule has 0 radical (unpaired) electrons. The third-order valence-corrected chi connectivity index (χ3v) is 4.77. The summed E-state index contributed by atoms with van der Waals surface area (Å²) in [7, 11) is 0. The lowest BCUT2D eigenvalue weighted by Crippen LogP contribution is -2.42. The van der Waals surface area contributed by atoms with Gasteiger partial charge in [0.2, 0.25) is 0 Å². The molecule has 0 spiro atoms. The maximum Gasteiger partial charge on any atom is 0.173 e. The Balaban J connectivity index is 2.05. The number of nitrogens with zero attached hydrogens (tertiary/aromatic N) is 5. The highest BCUT2D eigenvalue weighted by atomic mass is 19.1. The predicted molar refractivity (Wildman–Crippen MR) is 88.1 cm³/mol. The lowest BCUT2D eigenvalue weighted by atomic mass is 9.99. The van der Waals surface area contributed by atoms with Crippen LogP contribution in [0.1, 0.15) is 44.6 Å². The SMILES string of the molecule is CCC(C)(C)n1nnnc1[C@H](c1ccc(F)cc1)N1CCOCC1. The van der Waals surface area contributed by atoms with Crippen molar-refractivity contribution in [2.75, 3.05) is 26.3 Å². The van der Waals surface area contributed by atoms with Crippen LogP contribution in [-0.2, 0) is 10.3 Å². The van der Waals surface area contributed by atoms with Gasteiger partial charge in [0.25, 0.3) is 0 Å². The molecule has 0 unspecified atom stereocenters. The van der Waals surface area contributed by atoms with Gasteiger partial charge in [0.15, 0.2) is 5.82 Å². The Kier molecular flexibility index (Phi) is 4.91. The monoisotopic (exact) mass is 333 g/mol. The van der Waals surface area contributed by atoms with E-state index in [1.165, 1.54) is 12.1 Å². The van der Waals surface area contributed by atoms with Gasteiger partial charge in [0.1, 0.15) is 5.82 Å². The Morgan fingerprint density at radius 1 is 1.21 bits per heavy atom. The molecule has 6 nitrogen and oxygen atoms in total. The fourth-order valence-corrected chi connectivity index (χ4v) is 2.95. The van der Waals surface area contributed by atoms with Gasteiger partial charge >= 0.3 is 0 Å². The van der Waals surface area contributed by atoms with Crippen LogP contribution in [0.5, 0.6) is 0 Å².